The van der Waals surface area contributed by atoms with Gasteiger partial charge in [0.15, 0.2) is 5.82 Å². The molecule has 2 aliphatic rings. The summed E-state index contributed by atoms with van der Waals surface area (Å²) >= 11 is 1.39. The first-order valence-corrected chi connectivity index (χ1v) is 11.7. The van der Waals surface area contributed by atoms with Gasteiger partial charge in [-0.15, -0.1) is 16.4 Å². The molecule has 9 heteroatoms. The molecule has 32 heavy (non-hydrogen) atoms. The first kappa shape index (κ1) is 20.6. The molecule has 3 aromatic rings. The number of amides is 2. The Hall–Kier alpha value is -3.33. The molecular formula is C23H24N6O2S. The van der Waals surface area contributed by atoms with Crippen LogP contribution >= 0.6 is 11.3 Å². The van der Waals surface area contributed by atoms with Gasteiger partial charge in [0.05, 0.1) is 17.6 Å². The van der Waals surface area contributed by atoms with Crippen LogP contribution in [0.4, 0.5) is 11.5 Å². The van der Waals surface area contributed by atoms with Crippen molar-refractivity contribution in [3.05, 3.63) is 64.7 Å². The zero-order valence-electron chi connectivity index (χ0n) is 17.6. The molecule has 0 spiro atoms. The molecule has 8 nitrogen and oxygen atoms in total. The normalized spacial score (nSPS) is 17.1. The van der Waals surface area contributed by atoms with E-state index in [0.29, 0.717) is 23.9 Å². The Bertz CT molecular complexity index is 1060. The van der Waals surface area contributed by atoms with Crippen molar-refractivity contribution in [3.63, 3.8) is 0 Å². The number of hydrogen-bond donors (Lipinski definition) is 1. The van der Waals surface area contributed by atoms with Crippen LogP contribution in [0.2, 0.25) is 0 Å². The van der Waals surface area contributed by atoms with Crippen molar-refractivity contribution in [3.8, 4) is 0 Å². The summed E-state index contributed by atoms with van der Waals surface area (Å²) in [6.07, 6.45) is 5.17. The van der Waals surface area contributed by atoms with Gasteiger partial charge in [0, 0.05) is 38.1 Å². The summed E-state index contributed by atoms with van der Waals surface area (Å²) in [4.78, 5) is 33.7. The Morgan fingerprint density at radius 3 is 2.50 bits per heavy atom. The second kappa shape index (κ2) is 9.04. The van der Waals surface area contributed by atoms with E-state index in [4.69, 9.17) is 0 Å². The minimum Gasteiger partial charge on any atom is -0.353 e. The van der Waals surface area contributed by atoms with Crippen molar-refractivity contribution in [2.45, 2.75) is 18.8 Å². The smallest absolute Gasteiger partial charge is 0.265 e. The van der Waals surface area contributed by atoms with E-state index in [1.165, 1.54) is 16.9 Å². The molecule has 0 radical (unpaired) electrons. The van der Waals surface area contributed by atoms with Crippen LogP contribution in [0.3, 0.4) is 0 Å². The predicted molar refractivity (Wildman–Crippen MR) is 123 cm³/mol. The van der Waals surface area contributed by atoms with E-state index in [0.717, 1.165) is 37.4 Å². The molecule has 2 saturated heterocycles. The highest BCUT2D eigenvalue weighted by atomic mass is 32.1. The molecule has 0 saturated carbocycles. The van der Waals surface area contributed by atoms with Gasteiger partial charge in [0.2, 0.25) is 5.91 Å². The maximum absolute atomic E-state index is 12.5. The lowest BCUT2D eigenvalue weighted by molar-refractivity contribution is -0.120. The number of thiazole rings is 1. The third-order valence-corrected chi connectivity index (χ3v) is 6.97. The third-order valence-electron chi connectivity index (χ3n) is 6.21. The van der Waals surface area contributed by atoms with Crippen molar-refractivity contribution in [2.24, 2.45) is 5.92 Å². The van der Waals surface area contributed by atoms with Gasteiger partial charge < -0.3 is 15.1 Å². The minimum absolute atomic E-state index is 0.0350. The highest BCUT2D eigenvalue weighted by Gasteiger charge is 2.33. The summed E-state index contributed by atoms with van der Waals surface area (Å²) in [5, 5.41) is 11.0. The molecule has 4 heterocycles. The predicted octanol–water partition coefficient (Wildman–Crippen LogP) is 3.03. The van der Waals surface area contributed by atoms with Gasteiger partial charge in [-0.2, -0.15) is 5.10 Å². The SMILES string of the molecule is O=C(Nc1ccc(C2CCN(C(=O)c3cncs3)CC2)cc1)C1CN(c2cccnn2)C1. The Morgan fingerprint density at radius 1 is 1.06 bits per heavy atom. The van der Waals surface area contributed by atoms with E-state index in [1.807, 2.05) is 34.1 Å². The second-order valence-electron chi connectivity index (χ2n) is 8.23. The number of piperidine rings is 1. The van der Waals surface area contributed by atoms with Gasteiger partial charge in [-0.05, 0) is 48.6 Å². The molecular weight excluding hydrogens is 424 g/mol. The van der Waals surface area contributed by atoms with Crippen LogP contribution in [0, 0.1) is 5.92 Å². The molecule has 2 fully saturated rings. The molecule has 2 aliphatic heterocycles. The Balaban J connectivity index is 1.10. The summed E-state index contributed by atoms with van der Waals surface area (Å²) in [5.41, 5.74) is 3.76. The molecule has 1 N–H and O–H groups in total. The van der Waals surface area contributed by atoms with Gasteiger partial charge in [-0.25, -0.2) is 0 Å². The lowest BCUT2D eigenvalue weighted by Crippen LogP contribution is -2.52. The summed E-state index contributed by atoms with van der Waals surface area (Å²) in [5.74, 6) is 1.31. The number of hydrogen-bond acceptors (Lipinski definition) is 7. The Labute approximate surface area is 190 Å². The fraction of sp³-hybridized carbons (Fsp3) is 0.348. The molecule has 5 rings (SSSR count). The molecule has 1 aromatic carbocycles. The lowest BCUT2D eigenvalue weighted by atomic mass is 9.89. The highest BCUT2D eigenvalue weighted by Crippen LogP contribution is 2.30. The van der Waals surface area contributed by atoms with Crippen LogP contribution in [-0.4, -0.2) is 58.1 Å². The van der Waals surface area contributed by atoms with Crippen LogP contribution < -0.4 is 10.2 Å². The van der Waals surface area contributed by atoms with E-state index in [2.05, 4.69) is 32.6 Å². The molecule has 2 amide bonds. The third kappa shape index (κ3) is 4.34. The molecule has 0 aliphatic carbocycles. The number of likely N-dealkylation sites (tertiary alicyclic amines) is 1. The zero-order chi connectivity index (χ0) is 21.9. The molecule has 0 unspecified atom stereocenters. The number of nitrogens with one attached hydrogen (secondary N) is 1. The van der Waals surface area contributed by atoms with E-state index in [-0.39, 0.29) is 17.7 Å². The average molecular weight is 449 g/mol. The fourth-order valence-corrected chi connectivity index (χ4v) is 4.86. The summed E-state index contributed by atoms with van der Waals surface area (Å²) in [6.45, 7) is 2.82. The average Bonchev–Trinajstić information content (AvgIpc) is 3.34. The monoisotopic (exact) mass is 448 g/mol. The summed E-state index contributed by atoms with van der Waals surface area (Å²) in [7, 11) is 0. The highest BCUT2D eigenvalue weighted by molar-refractivity contribution is 7.11. The minimum atomic E-state index is -0.0444. The van der Waals surface area contributed by atoms with Crippen LogP contribution in [-0.2, 0) is 4.79 Å². The number of aromatic nitrogens is 3. The van der Waals surface area contributed by atoms with Gasteiger partial charge in [-0.1, -0.05) is 12.1 Å². The first-order valence-electron chi connectivity index (χ1n) is 10.8. The first-order chi connectivity index (χ1) is 15.7. The van der Waals surface area contributed by atoms with E-state index in [9.17, 15) is 9.59 Å². The number of nitrogens with zero attached hydrogens (tertiary/aromatic N) is 5. The van der Waals surface area contributed by atoms with Crippen LogP contribution in [0.5, 0.6) is 0 Å². The number of carbonyl (C=O) groups excluding carboxylic acids is 2. The summed E-state index contributed by atoms with van der Waals surface area (Å²) < 4.78 is 0. The fourth-order valence-electron chi connectivity index (χ4n) is 4.27. The van der Waals surface area contributed by atoms with Gasteiger partial charge in [0.25, 0.3) is 5.91 Å². The lowest BCUT2D eigenvalue weighted by Gasteiger charge is -2.38. The Morgan fingerprint density at radius 2 is 1.84 bits per heavy atom. The molecule has 0 bridgehead atoms. The van der Waals surface area contributed by atoms with E-state index in [1.54, 1.807) is 17.9 Å². The number of benzene rings is 1. The molecule has 0 atom stereocenters. The van der Waals surface area contributed by atoms with Crippen molar-refractivity contribution >= 4 is 34.7 Å². The standard InChI is InChI=1S/C23H24N6O2S/c30-22(18-13-29(14-18)21-2-1-9-25-27-21)26-19-5-3-16(4-6-19)17-7-10-28(11-8-17)23(31)20-12-24-15-32-20/h1-6,9,12,15,17-18H,7-8,10-11,13-14H2,(H,26,30). The van der Waals surface area contributed by atoms with Crippen molar-refractivity contribution in [1.82, 2.24) is 20.1 Å². The van der Waals surface area contributed by atoms with Crippen molar-refractivity contribution < 1.29 is 9.59 Å². The number of rotatable bonds is 5. The van der Waals surface area contributed by atoms with Crippen LogP contribution in [0.25, 0.3) is 0 Å². The summed E-state index contributed by atoms with van der Waals surface area (Å²) in [6, 6.07) is 11.9. The maximum atomic E-state index is 12.5. The van der Waals surface area contributed by atoms with Crippen molar-refractivity contribution in [2.75, 3.05) is 36.4 Å². The van der Waals surface area contributed by atoms with Gasteiger partial charge in [0.1, 0.15) is 4.88 Å². The Kier molecular flexibility index (Phi) is 5.81. The number of carbonyl (C=O) groups is 2. The van der Waals surface area contributed by atoms with Gasteiger partial charge >= 0.3 is 0 Å². The van der Waals surface area contributed by atoms with E-state index >= 15 is 0 Å². The number of anilines is 2. The molecule has 164 valence electrons. The van der Waals surface area contributed by atoms with Crippen LogP contribution in [0.1, 0.15) is 34.0 Å². The largest absolute Gasteiger partial charge is 0.353 e. The quantitative estimate of drug-likeness (QED) is 0.645. The van der Waals surface area contributed by atoms with Gasteiger partial charge in [-0.3, -0.25) is 14.6 Å². The van der Waals surface area contributed by atoms with Crippen LogP contribution in [0.15, 0.2) is 54.3 Å². The van der Waals surface area contributed by atoms with Crippen molar-refractivity contribution in [1.29, 1.82) is 0 Å². The zero-order valence-corrected chi connectivity index (χ0v) is 18.4. The van der Waals surface area contributed by atoms with E-state index < -0.39 is 0 Å². The molecule has 2 aromatic heterocycles. The topological polar surface area (TPSA) is 91.3 Å². The second-order valence-corrected chi connectivity index (χ2v) is 9.11. The maximum Gasteiger partial charge on any atom is 0.265 e.